The van der Waals surface area contributed by atoms with Crippen LogP contribution < -0.4 is 5.32 Å². The third kappa shape index (κ3) is 7.78. The molecule has 6 nitrogen and oxygen atoms in total. The first-order valence-corrected chi connectivity index (χ1v) is 9.56. The van der Waals surface area contributed by atoms with Gasteiger partial charge in [-0.15, -0.1) is 0 Å². The normalized spacial score (nSPS) is 11.9. The van der Waals surface area contributed by atoms with Crippen LogP contribution in [0.4, 0.5) is 0 Å². The second-order valence-corrected chi connectivity index (χ2v) is 8.00. The van der Waals surface area contributed by atoms with Gasteiger partial charge in [-0.2, -0.15) is 0 Å². The summed E-state index contributed by atoms with van der Waals surface area (Å²) in [7, 11) is 0.598. The highest BCUT2D eigenvalue weighted by Gasteiger charge is 2.16. The molecule has 0 saturated carbocycles. The summed E-state index contributed by atoms with van der Waals surface area (Å²) in [6.45, 7) is 1.76. The second kappa shape index (κ2) is 9.22. The molecule has 0 aliphatic heterocycles. The van der Waals surface area contributed by atoms with Crippen LogP contribution in [-0.2, 0) is 10.0 Å². The van der Waals surface area contributed by atoms with Crippen molar-refractivity contribution >= 4 is 27.5 Å². The highest BCUT2D eigenvalue weighted by atomic mass is 35.5. The molecular weight excluding hydrogens is 338 g/mol. The van der Waals surface area contributed by atoms with E-state index in [-0.39, 0.29) is 19.0 Å². The van der Waals surface area contributed by atoms with Crippen LogP contribution in [0.2, 0.25) is 5.02 Å². The van der Waals surface area contributed by atoms with E-state index < -0.39 is 10.0 Å². The largest absolute Gasteiger partial charge is 0.351 e. The van der Waals surface area contributed by atoms with E-state index in [2.05, 4.69) is 5.32 Å². The van der Waals surface area contributed by atoms with E-state index in [0.29, 0.717) is 17.1 Å². The minimum absolute atomic E-state index is 0.247. The SMILES string of the molecule is CN(C)CCCN(CCNC(=O)c1ccc(Cl)cc1)S(C)(=O)=O. The summed E-state index contributed by atoms with van der Waals surface area (Å²) in [5, 5.41) is 3.28. The van der Waals surface area contributed by atoms with Gasteiger partial charge in [0.2, 0.25) is 10.0 Å². The monoisotopic (exact) mass is 361 g/mol. The van der Waals surface area contributed by atoms with Gasteiger partial charge in [-0.1, -0.05) is 11.6 Å². The average molecular weight is 362 g/mol. The van der Waals surface area contributed by atoms with Gasteiger partial charge in [0.15, 0.2) is 0 Å². The molecule has 8 heteroatoms. The lowest BCUT2D eigenvalue weighted by molar-refractivity contribution is 0.0951. The first-order valence-electron chi connectivity index (χ1n) is 7.34. The molecule has 0 heterocycles. The molecule has 0 radical (unpaired) electrons. The number of hydrogen-bond donors (Lipinski definition) is 1. The molecule has 1 aromatic carbocycles. The van der Waals surface area contributed by atoms with Gasteiger partial charge in [0.25, 0.3) is 5.91 Å². The molecular formula is C15H24ClN3O3S. The minimum atomic E-state index is -3.28. The Bertz CT molecular complexity index is 603. The Labute approximate surface area is 143 Å². The molecule has 0 aliphatic carbocycles. The van der Waals surface area contributed by atoms with Crippen LogP contribution in [0.3, 0.4) is 0 Å². The highest BCUT2D eigenvalue weighted by Crippen LogP contribution is 2.09. The molecule has 1 rings (SSSR count). The van der Waals surface area contributed by atoms with Gasteiger partial charge >= 0.3 is 0 Å². The third-order valence-corrected chi connectivity index (χ3v) is 4.79. The van der Waals surface area contributed by atoms with Crippen molar-refractivity contribution in [2.75, 3.05) is 46.5 Å². The van der Waals surface area contributed by atoms with Crippen molar-refractivity contribution in [3.63, 3.8) is 0 Å². The molecule has 1 amide bonds. The number of nitrogens with one attached hydrogen (secondary N) is 1. The minimum Gasteiger partial charge on any atom is -0.351 e. The predicted molar refractivity (Wildman–Crippen MR) is 93.4 cm³/mol. The van der Waals surface area contributed by atoms with Crippen molar-refractivity contribution in [3.05, 3.63) is 34.9 Å². The summed E-state index contributed by atoms with van der Waals surface area (Å²) in [5.74, 6) is -0.247. The zero-order valence-corrected chi connectivity index (χ0v) is 15.3. The number of hydrogen-bond acceptors (Lipinski definition) is 4. The lowest BCUT2D eigenvalue weighted by atomic mass is 10.2. The van der Waals surface area contributed by atoms with E-state index in [0.717, 1.165) is 13.0 Å². The predicted octanol–water partition coefficient (Wildman–Crippen LogP) is 1.28. The Morgan fingerprint density at radius 3 is 2.26 bits per heavy atom. The summed E-state index contributed by atoms with van der Waals surface area (Å²) in [4.78, 5) is 14.0. The van der Waals surface area contributed by atoms with E-state index in [1.807, 2.05) is 19.0 Å². The third-order valence-electron chi connectivity index (χ3n) is 3.24. The van der Waals surface area contributed by atoms with Crippen molar-refractivity contribution in [3.8, 4) is 0 Å². The Morgan fingerprint density at radius 2 is 1.74 bits per heavy atom. The Morgan fingerprint density at radius 1 is 1.13 bits per heavy atom. The lowest BCUT2D eigenvalue weighted by Crippen LogP contribution is -2.39. The molecule has 0 unspecified atom stereocenters. The van der Waals surface area contributed by atoms with Crippen molar-refractivity contribution in [1.29, 1.82) is 0 Å². The molecule has 23 heavy (non-hydrogen) atoms. The Hall–Kier alpha value is -1.15. The molecule has 1 N–H and O–H groups in total. The van der Waals surface area contributed by atoms with Crippen LogP contribution in [0.5, 0.6) is 0 Å². The Balaban J connectivity index is 2.48. The van der Waals surface area contributed by atoms with Gasteiger partial charge in [-0.25, -0.2) is 12.7 Å². The highest BCUT2D eigenvalue weighted by molar-refractivity contribution is 7.88. The molecule has 0 fully saturated rings. The number of halogens is 1. The quantitative estimate of drug-likeness (QED) is 0.719. The van der Waals surface area contributed by atoms with Crippen LogP contribution in [-0.4, -0.2) is 70.1 Å². The van der Waals surface area contributed by atoms with Crippen LogP contribution in [0.1, 0.15) is 16.8 Å². The number of sulfonamides is 1. The average Bonchev–Trinajstić information content (AvgIpc) is 2.44. The molecule has 0 aliphatic rings. The van der Waals surface area contributed by atoms with Gasteiger partial charge in [-0.05, 0) is 51.3 Å². The molecule has 0 aromatic heterocycles. The number of amides is 1. The van der Waals surface area contributed by atoms with Crippen molar-refractivity contribution in [1.82, 2.24) is 14.5 Å². The fraction of sp³-hybridized carbons (Fsp3) is 0.533. The van der Waals surface area contributed by atoms with E-state index in [1.54, 1.807) is 24.3 Å². The number of rotatable bonds is 9. The van der Waals surface area contributed by atoms with Gasteiger partial charge in [-0.3, -0.25) is 4.79 Å². The number of carbonyl (C=O) groups excluding carboxylic acids is 1. The number of benzene rings is 1. The van der Waals surface area contributed by atoms with Crippen LogP contribution in [0.25, 0.3) is 0 Å². The smallest absolute Gasteiger partial charge is 0.251 e. The first-order chi connectivity index (χ1) is 10.7. The van der Waals surface area contributed by atoms with Gasteiger partial charge in [0.05, 0.1) is 6.26 Å². The van der Waals surface area contributed by atoms with Gasteiger partial charge in [0.1, 0.15) is 0 Å². The maximum atomic E-state index is 12.0. The van der Waals surface area contributed by atoms with Crippen molar-refractivity contribution in [2.45, 2.75) is 6.42 Å². The van der Waals surface area contributed by atoms with Crippen LogP contribution >= 0.6 is 11.6 Å². The molecule has 0 saturated heterocycles. The zero-order chi connectivity index (χ0) is 17.5. The van der Waals surface area contributed by atoms with Gasteiger partial charge in [0, 0.05) is 30.2 Å². The maximum Gasteiger partial charge on any atom is 0.251 e. The van der Waals surface area contributed by atoms with Gasteiger partial charge < -0.3 is 10.2 Å². The number of carbonyl (C=O) groups is 1. The summed E-state index contributed by atoms with van der Waals surface area (Å²) in [6.07, 6.45) is 1.93. The zero-order valence-electron chi connectivity index (χ0n) is 13.8. The number of nitrogens with zero attached hydrogens (tertiary/aromatic N) is 2. The molecule has 130 valence electrons. The summed E-state index contributed by atoms with van der Waals surface area (Å²) in [6, 6.07) is 6.53. The summed E-state index contributed by atoms with van der Waals surface area (Å²) < 4.78 is 24.9. The van der Waals surface area contributed by atoms with E-state index in [9.17, 15) is 13.2 Å². The first kappa shape index (κ1) is 19.9. The maximum absolute atomic E-state index is 12.0. The topological polar surface area (TPSA) is 69.7 Å². The van der Waals surface area contributed by atoms with Crippen molar-refractivity contribution in [2.24, 2.45) is 0 Å². The summed E-state index contributed by atoms with van der Waals surface area (Å²) in [5.41, 5.74) is 0.493. The Kier molecular flexibility index (Phi) is 7.98. The molecule has 0 spiro atoms. The van der Waals surface area contributed by atoms with E-state index in [4.69, 9.17) is 11.6 Å². The molecule has 0 bridgehead atoms. The van der Waals surface area contributed by atoms with Crippen LogP contribution in [0, 0.1) is 0 Å². The van der Waals surface area contributed by atoms with Crippen molar-refractivity contribution < 1.29 is 13.2 Å². The van der Waals surface area contributed by atoms with E-state index in [1.165, 1.54) is 10.6 Å². The van der Waals surface area contributed by atoms with Crippen LogP contribution in [0.15, 0.2) is 24.3 Å². The summed E-state index contributed by atoms with van der Waals surface area (Å²) >= 11 is 5.77. The fourth-order valence-electron chi connectivity index (χ4n) is 2.00. The molecule has 1 aromatic rings. The fourth-order valence-corrected chi connectivity index (χ4v) is 3.01. The lowest BCUT2D eigenvalue weighted by Gasteiger charge is -2.21. The standard InChI is InChI=1S/C15H24ClN3O3S/c1-18(2)10-4-11-19(23(3,21)22)12-9-17-15(20)13-5-7-14(16)8-6-13/h5-8H,4,9-12H2,1-3H3,(H,17,20). The second-order valence-electron chi connectivity index (χ2n) is 5.58. The molecule has 0 atom stereocenters. The van der Waals surface area contributed by atoms with E-state index >= 15 is 0 Å².